The number of rotatable bonds is 4. The number of amidine groups is 1. The summed E-state index contributed by atoms with van der Waals surface area (Å²) in [6, 6.07) is 5.44. The summed E-state index contributed by atoms with van der Waals surface area (Å²) in [7, 11) is 0. The van der Waals surface area contributed by atoms with Crippen LogP contribution in [0.5, 0.6) is 0 Å². The zero-order chi connectivity index (χ0) is 14.5. The highest BCUT2D eigenvalue weighted by molar-refractivity contribution is 6.45. The summed E-state index contributed by atoms with van der Waals surface area (Å²) >= 11 is 0. The number of hydrogen-bond donors (Lipinski definition) is 3. The lowest BCUT2D eigenvalue weighted by atomic mass is 10.2. The molecular weight excluding hydrogens is 265 g/mol. The number of hydrogen-bond acceptors (Lipinski definition) is 7. The van der Waals surface area contributed by atoms with Crippen LogP contribution in [-0.2, 0) is 0 Å². The molecule has 1 aromatic heterocycles. The molecule has 0 aliphatic heterocycles. The molecule has 4 N–H and O–H groups in total. The summed E-state index contributed by atoms with van der Waals surface area (Å²) in [6.45, 7) is 0. The Bertz CT molecular complexity index is 698. The monoisotopic (exact) mass is 273 g/mol. The van der Waals surface area contributed by atoms with Crippen molar-refractivity contribution in [2.75, 3.05) is 5.43 Å². The average Bonchev–Trinajstić information content (AvgIpc) is 2.93. The van der Waals surface area contributed by atoms with E-state index in [1.54, 1.807) is 6.07 Å². The van der Waals surface area contributed by atoms with Gasteiger partial charge in [0.25, 0.3) is 0 Å². The Labute approximate surface area is 112 Å². The molecule has 0 amide bonds. The number of nitrogens with two attached hydrogens (primary N) is 1. The number of hydrazone groups is 1. The van der Waals surface area contributed by atoms with Crippen molar-refractivity contribution in [2.45, 2.75) is 0 Å². The highest BCUT2D eigenvalue weighted by atomic mass is 19.1. The average molecular weight is 273 g/mol. The predicted molar refractivity (Wildman–Crippen MR) is 67.7 cm³/mol. The molecule has 2 rings (SSSR count). The van der Waals surface area contributed by atoms with Crippen molar-refractivity contribution in [3.05, 3.63) is 30.3 Å². The minimum Gasteiger partial charge on any atom is -0.382 e. The van der Waals surface area contributed by atoms with Crippen LogP contribution >= 0.6 is 0 Å². The molecule has 0 atom stereocenters. The first kappa shape index (κ1) is 13.1. The van der Waals surface area contributed by atoms with Gasteiger partial charge in [-0.25, -0.2) is 4.39 Å². The number of nitrogens with zero attached hydrogens (tertiary/aromatic N) is 6. The lowest BCUT2D eigenvalue weighted by Gasteiger charge is -2.08. The van der Waals surface area contributed by atoms with Gasteiger partial charge in [-0.15, -0.1) is 5.10 Å². The van der Waals surface area contributed by atoms with E-state index in [-0.39, 0.29) is 11.4 Å². The molecule has 0 bridgehead atoms. The number of anilines is 1. The molecule has 1 aromatic carbocycles. The van der Waals surface area contributed by atoms with E-state index in [2.05, 4.69) is 26.1 Å². The fraction of sp³-hybridized carbons (Fsp3) is 0. The summed E-state index contributed by atoms with van der Waals surface area (Å²) < 4.78 is 14.6. The summed E-state index contributed by atoms with van der Waals surface area (Å²) in [4.78, 5) is 0. The molecule has 2 aromatic rings. The van der Waals surface area contributed by atoms with Crippen molar-refractivity contribution >= 4 is 17.2 Å². The van der Waals surface area contributed by atoms with E-state index in [0.717, 1.165) is 6.07 Å². The van der Waals surface area contributed by atoms with Gasteiger partial charge in [-0.2, -0.15) is 15.0 Å². The zero-order valence-electron chi connectivity index (χ0n) is 9.95. The summed E-state index contributed by atoms with van der Waals surface area (Å²) in [5.41, 5.74) is 7.92. The van der Waals surface area contributed by atoms with Crippen molar-refractivity contribution in [3.8, 4) is 11.8 Å². The lowest BCUT2D eigenvalue weighted by molar-refractivity contribution is 0.627. The highest BCUT2D eigenvalue weighted by Crippen LogP contribution is 2.20. The van der Waals surface area contributed by atoms with Crippen molar-refractivity contribution in [1.82, 2.24) is 20.2 Å². The summed E-state index contributed by atoms with van der Waals surface area (Å²) in [5.74, 6) is -1.01. The quantitative estimate of drug-likeness (QED) is 0.407. The van der Waals surface area contributed by atoms with E-state index in [1.165, 1.54) is 23.1 Å². The van der Waals surface area contributed by atoms with Gasteiger partial charge in [0.1, 0.15) is 18.2 Å². The van der Waals surface area contributed by atoms with Crippen LogP contribution < -0.4 is 11.2 Å². The second-order valence-electron chi connectivity index (χ2n) is 3.51. The molecule has 0 fully saturated rings. The first-order valence-electron chi connectivity index (χ1n) is 5.23. The molecule has 0 saturated heterocycles. The van der Waals surface area contributed by atoms with Crippen molar-refractivity contribution < 1.29 is 4.39 Å². The fourth-order valence-corrected chi connectivity index (χ4v) is 1.33. The zero-order valence-corrected chi connectivity index (χ0v) is 9.95. The molecular formula is C10H8FN9. The Balaban J connectivity index is 2.39. The van der Waals surface area contributed by atoms with Gasteiger partial charge in [0.05, 0.1) is 11.4 Å². The maximum Gasteiger partial charge on any atom is 0.201 e. The molecule has 0 unspecified atom stereocenters. The Hall–Kier alpha value is -3.35. The van der Waals surface area contributed by atoms with Crippen LogP contribution in [0.15, 0.2) is 29.6 Å². The van der Waals surface area contributed by atoms with E-state index in [1.807, 2.05) is 0 Å². The van der Waals surface area contributed by atoms with Crippen LogP contribution in [0.1, 0.15) is 0 Å². The van der Waals surface area contributed by atoms with Gasteiger partial charge in [0.2, 0.25) is 5.71 Å². The number of aromatic nitrogens is 4. The molecule has 0 saturated carbocycles. The lowest BCUT2D eigenvalue weighted by Crippen LogP contribution is -2.22. The van der Waals surface area contributed by atoms with E-state index in [9.17, 15) is 4.39 Å². The smallest absolute Gasteiger partial charge is 0.201 e. The molecule has 0 aliphatic rings. The number of halogens is 1. The SMILES string of the molecule is N#C/C(=N\Nc1cc(F)ccc1-n1cnnn1)C(=N)N. The van der Waals surface area contributed by atoms with Crippen LogP contribution in [0.4, 0.5) is 10.1 Å². The van der Waals surface area contributed by atoms with Gasteiger partial charge < -0.3 is 5.73 Å². The van der Waals surface area contributed by atoms with E-state index < -0.39 is 11.7 Å². The van der Waals surface area contributed by atoms with Gasteiger partial charge in [0, 0.05) is 6.07 Å². The van der Waals surface area contributed by atoms with E-state index >= 15 is 0 Å². The molecule has 0 aliphatic carbocycles. The Morgan fingerprint density at radius 1 is 1.55 bits per heavy atom. The Morgan fingerprint density at radius 2 is 2.35 bits per heavy atom. The maximum atomic E-state index is 13.3. The summed E-state index contributed by atoms with van der Waals surface area (Å²) in [6.07, 6.45) is 1.32. The third-order valence-corrected chi connectivity index (χ3v) is 2.20. The number of nitriles is 1. The number of tetrazole rings is 1. The minimum atomic E-state index is -0.513. The fourth-order valence-electron chi connectivity index (χ4n) is 1.33. The van der Waals surface area contributed by atoms with Crippen LogP contribution in [0, 0.1) is 22.6 Å². The van der Waals surface area contributed by atoms with E-state index in [0.29, 0.717) is 5.69 Å². The molecule has 0 spiro atoms. The van der Waals surface area contributed by atoms with Crippen LogP contribution in [0.25, 0.3) is 5.69 Å². The van der Waals surface area contributed by atoms with Crippen LogP contribution in [0.2, 0.25) is 0 Å². The third kappa shape index (κ3) is 2.72. The first-order chi connectivity index (χ1) is 9.61. The van der Waals surface area contributed by atoms with Crippen LogP contribution in [0.3, 0.4) is 0 Å². The Morgan fingerprint density at radius 3 is 2.95 bits per heavy atom. The molecule has 9 nitrogen and oxygen atoms in total. The molecule has 0 radical (unpaired) electrons. The highest BCUT2D eigenvalue weighted by Gasteiger charge is 2.08. The van der Waals surface area contributed by atoms with Gasteiger partial charge >= 0.3 is 0 Å². The molecule has 20 heavy (non-hydrogen) atoms. The topological polar surface area (TPSA) is 142 Å². The van der Waals surface area contributed by atoms with Gasteiger partial charge in [-0.1, -0.05) is 0 Å². The summed E-state index contributed by atoms with van der Waals surface area (Å²) in [5, 5.41) is 30.1. The van der Waals surface area contributed by atoms with Crippen molar-refractivity contribution in [3.63, 3.8) is 0 Å². The van der Waals surface area contributed by atoms with E-state index in [4.69, 9.17) is 16.4 Å². The van der Waals surface area contributed by atoms with Crippen LogP contribution in [-0.4, -0.2) is 31.8 Å². The van der Waals surface area contributed by atoms with Gasteiger partial charge in [0.15, 0.2) is 5.84 Å². The second-order valence-corrected chi connectivity index (χ2v) is 3.51. The predicted octanol–water partition coefficient (Wildman–Crippen LogP) is 0.0288. The minimum absolute atomic E-state index is 0.214. The maximum absolute atomic E-state index is 13.3. The molecule has 100 valence electrons. The van der Waals surface area contributed by atoms with Gasteiger partial charge in [-0.05, 0) is 22.6 Å². The third-order valence-electron chi connectivity index (χ3n) is 2.20. The van der Waals surface area contributed by atoms with Gasteiger partial charge in [-0.3, -0.25) is 10.8 Å². The number of nitrogens with one attached hydrogen (secondary N) is 2. The normalized spacial score (nSPS) is 10.9. The largest absolute Gasteiger partial charge is 0.382 e. The molecule has 1 heterocycles. The van der Waals surface area contributed by atoms with Crippen molar-refractivity contribution in [1.29, 1.82) is 10.7 Å². The standard InChI is InChI=1S/C10H8FN9/c11-6-1-2-9(20-5-15-18-19-20)7(3-6)16-17-8(4-12)10(13)14/h1-3,5,16H,(H3,13,14)/b17-8+. The Kier molecular flexibility index (Phi) is 3.62. The van der Waals surface area contributed by atoms with Crippen molar-refractivity contribution in [2.24, 2.45) is 10.8 Å². The number of benzene rings is 1. The molecule has 10 heteroatoms. The second kappa shape index (κ2) is 5.53. The first-order valence-corrected chi connectivity index (χ1v) is 5.23.